The van der Waals surface area contributed by atoms with E-state index in [4.69, 9.17) is 9.84 Å². The van der Waals surface area contributed by atoms with Gasteiger partial charge in [0.2, 0.25) is 0 Å². The molecule has 1 aromatic carbocycles. The molecule has 1 aromatic rings. The van der Waals surface area contributed by atoms with Crippen LogP contribution >= 0.6 is 15.9 Å². The van der Waals surface area contributed by atoms with Gasteiger partial charge in [-0.2, -0.15) is 0 Å². The standard InChI is InChI=1S/C13H17BrO3/c1-10(16)11(5-7-15)6-8-17-13-4-2-3-12(14)9-13/h2-4,9,11,15H,5-8H2,1H3. The highest BCUT2D eigenvalue weighted by Crippen LogP contribution is 2.18. The number of ether oxygens (including phenoxy) is 1. The molecule has 0 bridgehead atoms. The number of aliphatic hydroxyl groups excluding tert-OH is 1. The summed E-state index contributed by atoms with van der Waals surface area (Å²) in [7, 11) is 0. The van der Waals surface area contributed by atoms with Gasteiger partial charge < -0.3 is 9.84 Å². The second kappa shape index (κ2) is 7.45. The van der Waals surface area contributed by atoms with Crippen molar-refractivity contribution in [2.24, 2.45) is 5.92 Å². The molecular weight excluding hydrogens is 284 g/mol. The summed E-state index contributed by atoms with van der Waals surface area (Å²) in [6, 6.07) is 7.58. The predicted octanol–water partition coefficient (Wildman–Crippen LogP) is 2.81. The topological polar surface area (TPSA) is 46.5 Å². The summed E-state index contributed by atoms with van der Waals surface area (Å²) >= 11 is 3.36. The minimum atomic E-state index is -0.104. The van der Waals surface area contributed by atoms with Crippen LogP contribution in [0.3, 0.4) is 0 Å². The third-order valence-electron chi connectivity index (χ3n) is 2.58. The lowest BCUT2D eigenvalue weighted by Crippen LogP contribution is -2.16. The Morgan fingerprint density at radius 3 is 2.82 bits per heavy atom. The number of halogens is 1. The molecule has 0 aliphatic carbocycles. The van der Waals surface area contributed by atoms with Gasteiger partial charge in [-0.1, -0.05) is 22.0 Å². The van der Waals surface area contributed by atoms with E-state index in [2.05, 4.69) is 15.9 Å². The third-order valence-corrected chi connectivity index (χ3v) is 3.08. The molecule has 1 atom stereocenters. The van der Waals surface area contributed by atoms with E-state index in [9.17, 15) is 4.79 Å². The highest BCUT2D eigenvalue weighted by molar-refractivity contribution is 9.10. The van der Waals surface area contributed by atoms with Crippen molar-refractivity contribution in [2.75, 3.05) is 13.2 Å². The highest BCUT2D eigenvalue weighted by Gasteiger charge is 2.13. The van der Waals surface area contributed by atoms with Crippen LogP contribution in [-0.4, -0.2) is 24.1 Å². The number of hydrogen-bond donors (Lipinski definition) is 1. The van der Waals surface area contributed by atoms with Crippen molar-refractivity contribution in [3.05, 3.63) is 28.7 Å². The van der Waals surface area contributed by atoms with Crippen molar-refractivity contribution in [2.45, 2.75) is 19.8 Å². The van der Waals surface area contributed by atoms with E-state index < -0.39 is 0 Å². The average molecular weight is 301 g/mol. The Hall–Kier alpha value is -0.870. The maximum atomic E-state index is 11.3. The maximum Gasteiger partial charge on any atom is 0.133 e. The van der Waals surface area contributed by atoms with Gasteiger partial charge >= 0.3 is 0 Å². The van der Waals surface area contributed by atoms with Crippen molar-refractivity contribution in [3.8, 4) is 5.75 Å². The first-order valence-corrected chi connectivity index (χ1v) is 6.42. The van der Waals surface area contributed by atoms with E-state index >= 15 is 0 Å². The summed E-state index contributed by atoms with van der Waals surface area (Å²) in [4.78, 5) is 11.3. The van der Waals surface area contributed by atoms with E-state index in [1.54, 1.807) is 6.92 Å². The van der Waals surface area contributed by atoms with Crippen molar-refractivity contribution in [3.63, 3.8) is 0 Å². The van der Waals surface area contributed by atoms with Crippen molar-refractivity contribution in [1.29, 1.82) is 0 Å². The molecule has 0 aliphatic rings. The molecule has 0 aliphatic heterocycles. The SMILES string of the molecule is CC(=O)C(CCO)CCOc1cccc(Br)c1. The molecule has 0 aromatic heterocycles. The van der Waals surface area contributed by atoms with Crippen LogP contribution in [0.25, 0.3) is 0 Å². The number of Topliss-reactive ketones (excluding diaryl/α,β-unsaturated/α-hetero) is 1. The predicted molar refractivity (Wildman–Crippen MR) is 70.1 cm³/mol. The first-order valence-electron chi connectivity index (χ1n) is 5.63. The molecule has 3 nitrogen and oxygen atoms in total. The van der Waals surface area contributed by atoms with Crippen LogP contribution < -0.4 is 4.74 Å². The zero-order chi connectivity index (χ0) is 12.7. The van der Waals surface area contributed by atoms with E-state index in [1.165, 1.54) is 0 Å². The molecule has 1 unspecified atom stereocenters. The molecule has 1 rings (SSSR count). The van der Waals surface area contributed by atoms with Gasteiger partial charge in [-0.15, -0.1) is 0 Å². The highest BCUT2D eigenvalue weighted by atomic mass is 79.9. The fourth-order valence-electron chi connectivity index (χ4n) is 1.58. The van der Waals surface area contributed by atoms with Gasteiger partial charge in [-0.25, -0.2) is 0 Å². The van der Waals surface area contributed by atoms with Crippen molar-refractivity contribution < 1.29 is 14.6 Å². The molecule has 4 heteroatoms. The molecule has 0 radical (unpaired) electrons. The molecule has 0 heterocycles. The normalized spacial score (nSPS) is 12.2. The molecule has 0 fully saturated rings. The Morgan fingerprint density at radius 1 is 1.47 bits per heavy atom. The summed E-state index contributed by atoms with van der Waals surface area (Å²) in [6.45, 7) is 2.08. The first kappa shape index (κ1) is 14.2. The zero-order valence-electron chi connectivity index (χ0n) is 9.86. The summed E-state index contributed by atoms with van der Waals surface area (Å²) in [5, 5.41) is 8.84. The summed E-state index contributed by atoms with van der Waals surface area (Å²) in [5.74, 6) is 0.787. The summed E-state index contributed by atoms with van der Waals surface area (Å²) < 4.78 is 6.52. The fourth-order valence-corrected chi connectivity index (χ4v) is 1.96. The van der Waals surface area contributed by atoms with E-state index in [-0.39, 0.29) is 18.3 Å². The van der Waals surface area contributed by atoms with E-state index in [0.717, 1.165) is 10.2 Å². The number of hydrogen-bond acceptors (Lipinski definition) is 3. The minimum Gasteiger partial charge on any atom is -0.494 e. The van der Waals surface area contributed by atoms with Crippen LogP contribution in [-0.2, 0) is 4.79 Å². The Labute approximate surface area is 110 Å². The molecular formula is C13H17BrO3. The van der Waals surface area contributed by atoms with Crippen LogP contribution in [0.15, 0.2) is 28.7 Å². The molecule has 0 saturated heterocycles. The lowest BCUT2D eigenvalue weighted by molar-refractivity contribution is -0.121. The number of carbonyl (C=O) groups excluding carboxylic acids is 1. The van der Waals surface area contributed by atoms with Crippen LogP contribution in [0.5, 0.6) is 5.75 Å². The maximum absolute atomic E-state index is 11.3. The zero-order valence-corrected chi connectivity index (χ0v) is 11.4. The number of carbonyl (C=O) groups is 1. The van der Waals surface area contributed by atoms with Gasteiger partial charge in [0, 0.05) is 17.0 Å². The lowest BCUT2D eigenvalue weighted by Gasteiger charge is -2.13. The fraction of sp³-hybridized carbons (Fsp3) is 0.462. The van der Waals surface area contributed by atoms with Crippen LogP contribution in [0.2, 0.25) is 0 Å². The molecule has 94 valence electrons. The smallest absolute Gasteiger partial charge is 0.133 e. The Bertz CT molecular complexity index is 365. The monoisotopic (exact) mass is 300 g/mol. The average Bonchev–Trinajstić information content (AvgIpc) is 2.28. The van der Waals surface area contributed by atoms with Crippen LogP contribution in [0, 0.1) is 5.92 Å². The largest absolute Gasteiger partial charge is 0.494 e. The van der Waals surface area contributed by atoms with Crippen molar-refractivity contribution in [1.82, 2.24) is 0 Å². The van der Waals surface area contributed by atoms with Gasteiger partial charge in [0.15, 0.2) is 0 Å². The number of aliphatic hydroxyl groups is 1. The van der Waals surface area contributed by atoms with Gasteiger partial charge in [-0.3, -0.25) is 4.79 Å². The third kappa shape index (κ3) is 5.33. The second-order valence-corrected chi connectivity index (χ2v) is 4.83. The quantitative estimate of drug-likeness (QED) is 0.842. The first-order chi connectivity index (χ1) is 8.13. The van der Waals surface area contributed by atoms with Gasteiger partial charge in [0.25, 0.3) is 0 Å². The number of rotatable bonds is 7. The minimum absolute atomic E-state index is 0.0428. The molecule has 0 spiro atoms. The number of ketones is 1. The Kier molecular flexibility index (Phi) is 6.22. The van der Waals surface area contributed by atoms with Crippen LogP contribution in [0.1, 0.15) is 19.8 Å². The molecule has 0 saturated carbocycles. The van der Waals surface area contributed by atoms with Gasteiger partial charge in [0.1, 0.15) is 11.5 Å². The lowest BCUT2D eigenvalue weighted by atomic mass is 9.98. The molecule has 17 heavy (non-hydrogen) atoms. The van der Waals surface area contributed by atoms with E-state index in [1.807, 2.05) is 24.3 Å². The summed E-state index contributed by atoms with van der Waals surface area (Å²) in [5.41, 5.74) is 0. The van der Waals surface area contributed by atoms with Gasteiger partial charge in [0.05, 0.1) is 6.61 Å². The Morgan fingerprint density at radius 2 is 2.24 bits per heavy atom. The summed E-state index contributed by atoms with van der Waals surface area (Å²) in [6.07, 6.45) is 1.15. The van der Waals surface area contributed by atoms with Gasteiger partial charge in [-0.05, 0) is 38.0 Å². The second-order valence-electron chi connectivity index (χ2n) is 3.91. The molecule has 1 N–H and O–H groups in total. The molecule has 0 amide bonds. The Balaban J connectivity index is 2.38. The number of benzene rings is 1. The van der Waals surface area contributed by atoms with Crippen LogP contribution in [0.4, 0.5) is 0 Å². The van der Waals surface area contributed by atoms with E-state index in [0.29, 0.717) is 19.4 Å². The van der Waals surface area contributed by atoms with Crippen molar-refractivity contribution >= 4 is 21.7 Å².